The molecule has 2 aromatic carbocycles. The number of carbonyl (C=O) groups excluding carboxylic acids is 3. The summed E-state index contributed by atoms with van der Waals surface area (Å²) in [6.45, 7) is 0.504. The second kappa shape index (κ2) is 6.93. The van der Waals surface area contributed by atoms with Crippen LogP contribution in [0.2, 0.25) is 0 Å². The molecule has 0 spiro atoms. The number of anilines is 4. The maximum Gasteiger partial charge on any atom is 0.323 e. The van der Waals surface area contributed by atoms with E-state index in [1.54, 1.807) is 24.3 Å². The standard InChI is InChI=1S/C20H14N6O4S2/c27-15-1-2-21-7-3-11-13(5-9(7)22-15)31-16(18(28)23-11)17-19(29)24-12-4-8-10(6-14(12)32-17)26-20(30)25-8/h3-6,21H,1-2H2,(H,22,27)(H,23,28)(H,24,29)(H2,25,26,30)/b17-16-. The highest BCUT2D eigenvalue weighted by atomic mass is 32.2. The molecule has 0 atom stereocenters. The van der Waals surface area contributed by atoms with Crippen molar-refractivity contribution in [2.45, 2.75) is 16.2 Å². The maximum absolute atomic E-state index is 12.9. The highest BCUT2D eigenvalue weighted by molar-refractivity contribution is 8.08. The van der Waals surface area contributed by atoms with E-state index in [1.807, 2.05) is 0 Å². The second-order valence-electron chi connectivity index (χ2n) is 7.36. The normalized spacial score (nSPS) is 19.7. The van der Waals surface area contributed by atoms with Gasteiger partial charge < -0.3 is 31.2 Å². The van der Waals surface area contributed by atoms with Gasteiger partial charge in [0.1, 0.15) is 0 Å². The number of thioether (sulfide) groups is 2. The van der Waals surface area contributed by atoms with Gasteiger partial charge >= 0.3 is 5.69 Å². The van der Waals surface area contributed by atoms with Crippen LogP contribution in [-0.2, 0) is 14.4 Å². The van der Waals surface area contributed by atoms with Gasteiger partial charge in [0.05, 0.1) is 43.6 Å². The predicted molar refractivity (Wildman–Crippen MR) is 123 cm³/mol. The molecule has 0 saturated carbocycles. The van der Waals surface area contributed by atoms with Crippen LogP contribution in [0.25, 0.3) is 11.0 Å². The molecule has 10 nitrogen and oxygen atoms in total. The Morgan fingerprint density at radius 3 is 2.00 bits per heavy atom. The Morgan fingerprint density at radius 1 is 0.656 bits per heavy atom. The van der Waals surface area contributed by atoms with Gasteiger partial charge in [-0.05, 0) is 24.3 Å². The first kappa shape index (κ1) is 19.1. The quantitative estimate of drug-likeness (QED) is 0.279. The molecule has 6 N–H and O–H groups in total. The van der Waals surface area contributed by atoms with E-state index in [0.29, 0.717) is 46.0 Å². The van der Waals surface area contributed by atoms with E-state index >= 15 is 0 Å². The minimum atomic E-state index is -0.398. The molecular formula is C20H14N6O4S2. The average molecular weight is 467 g/mol. The lowest BCUT2D eigenvalue weighted by Gasteiger charge is -2.25. The molecule has 32 heavy (non-hydrogen) atoms. The van der Waals surface area contributed by atoms with E-state index < -0.39 is 5.91 Å². The first-order valence-electron chi connectivity index (χ1n) is 9.65. The molecule has 0 radical (unpaired) electrons. The minimum absolute atomic E-state index is 0.0902. The number of aromatic amines is 2. The molecule has 3 aliphatic rings. The molecule has 1 aromatic heterocycles. The number of nitrogens with one attached hydrogen (secondary N) is 6. The number of hydrogen-bond acceptors (Lipinski definition) is 7. The van der Waals surface area contributed by atoms with Crippen LogP contribution in [0.5, 0.6) is 0 Å². The van der Waals surface area contributed by atoms with Crippen LogP contribution in [0.15, 0.2) is 48.7 Å². The molecule has 3 aliphatic heterocycles. The largest absolute Gasteiger partial charge is 0.383 e. The third-order valence-corrected chi connectivity index (χ3v) is 7.65. The number of aromatic nitrogens is 2. The Morgan fingerprint density at radius 2 is 1.28 bits per heavy atom. The van der Waals surface area contributed by atoms with Crippen molar-refractivity contribution in [2.75, 3.05) is 27.8 Å². The van der Waals surface area contributed by atoms with Crippen molar-refractivity contribution in [3.8, 4) is 0 Å². The summed E-state index contributed by atoms with van der Waals surface area (Å²) in [5, 5.41) is 11.7. The summed E-state index contributed by atoms with van der Waals surface area (Å²) in [5.74, 6) is -0.865. The molecular weight excluding hydrogens is 452 g/mol. The average Bonchev–Trinajstić information content (AvgIpc) is 3.00. The molecule has 0 aliphatic carbocycles. The number of amides is 3. The van der Waals surface area contributed by atoms with Crippen molar-refractivity contribution >= 4 is 75.0 Å². The Labute approximate surface area is 188 Å². The van der Waals surface area contributed by atoms with Crippen molar-refractivity contribution in [2.24, 2.45) is 0 Å². The van der Waals surface area contributed by atoms with Gasteiger partial charge in [0.2, 0.25) is 5.91 Å². The zero-order valence-corrected chi connectivity index (χ0v) is 17.8. The fourth-order valence-electron chi connectivity index (χ4n) is 3.75. The molecule has 0 bridgehead atoms. The number of fused-ring (bicyclic) bond motifs is 4. The predicted octanol–water partition coefficient (Wildman–Crippen LogP) is 2.61. The first-order chi connectivity index (χ1) is 15.4. The van der Waals surface area contributed by atoms with Crippen molar-refractivity contribution in [1.82, 2.24) is 9.97 Å². The van der Waals surface area contributed by atoms with Crippen LogP contribution >= 0.6 is 23.5 Å². The van der Waals surface area contributed by atoms with E-state index in [-0.39, 0.29) is 27.3 Å². The van der Waals surface area contributed by atoms with E-state index in [1.165, 1.54) is 23.5 Å². The number of imidazole rings is 1. The highest BCUT2D eigenvalue weighted by Gasteiger charge is 2.32. The lowest BCUT2D eigenvalue weighted by atomic mass is 10.2. The molecule has 4 heterocycles. The first-order valence-corrected chi connectivity index (χ1v) is 11.3. The van der Waals surface area contributed by atoms with Crippen LogP contribution in [-0.4, -0.2) is 34.2 Å². The Hall–Kier alpha value is -3.64. The zero-order chi connectivity index (χ0) is 22.0. The van der Waals surface area contributed by atoms with E-state index in [0.717, 1.165) is 10.6 Å². The molecule has 3 amide bonds. The molecule has 6 rings (SSSR count). The summed E-state index contributed by atoms with van der Waals surface area (Å²) < 4.78 is 0. The van der Waals surface area contributed by atoms with Crippen LogP contribution in [0.3, 0.4) is 0 Å². The van der Waals surface area contributed by atoms with Gasteiger partial charge in [-0.2, -0.15) is 0 Å². The van der Waals surface area contributed by atoms with E-state index in [9.17, 15) is 19.2 Å². The van der Waals surface area contributed by atoms with Crippen molar-refractivity contribution in [3.63, 3.8) is 0 Å². The number of benzene rings is 2. The smallest absolute Gasteiger partial charge is 0.323 e. The van der Waals surface area contributed by atoms with Crippen LogP contribution in [0.4, 0.5) is 22.7 Å². The molecule has 0 unspecified atom stereocenters. The molecule has 160 valence electrons. The highest BCUT2D eigenvalue weighted by Crippen LogP contribution is 2.48. The van der Waals surface area contributed by atoms with Gasteiger partial charge in [0, 0.05) is 22.8 Å². The minimum Gasteiger partial charge on any atom is -0.383 e. The van der Waals surface area contributed by atoms with Gasteiger partial charge in [0.15, 0.2) is 0 Å². The van der Waals surface area contributed by atoms with Gasteiger partial charge in [-0.25, -0.2) is 4.79 Å². The van der Waals surface area contributed by atoms with E-state index in [4.69, 9.17) is 0 Å². The number of rotatable bonds is 0. The Bertz CT molecular complexity index is 1470. The van der Waals surface area contributed by atoms with Gasteiger partial charge in [0.25, 0.3) is 11.8 Å². The SMILES string of the molecule is O=C1CCNc2cc3c(cc2N1)S/C(=C1\Sc2cc4[nH]c(=O)[nH]c4cc2NC1=O)C(=O)N3. The lowest BCUT2D eigenvalue weighted by molar-refractivity contribution is -0.116. The molecule has 0 saturated heterocycles. The van der Waals surface area contributed by atoms with Gasteiger partial charge in [-0.3, -0.25) is 14.4 Å². The summed E-state index contributed by atoms with van der Waals surface area (Å²) in [6, 6.07) is 7.01. The van der Waals surface area contributed by atoms with Crippen LogP contribution in [0.1, 0.15) is 6.42 Å². The monoisotopic (exact) mass is 466 g/mol. The number of hydrogen-bond donors (Lipinski definition) is 6. The van der Waals surface area contributed by atoms with E-state index in [2.05, 4.69) is 31.2 Å². The van der Waals surface area contributed by atoms with Crippen molar-refractivity contribution < 1.29 is 14.4 Å². The fourth-order valence-corrected chi connectivity index (χ4v) is 5.89. The van der Waals surface area contributed by atoms with Crippen molar-refractivity contribution in [1.29, 1.82) is 0 Å². The zero-order valence-electron chi connectivity index (χ0n) is 16.2. The summed E-state index contributed by atoms with van der Waals surface area (Å²) in [5.41, 5.74) is 3.39. The van der Waals surface area contributed by atoms with Gasteiger partial charge in [-0.15, -0.1) is 0 Å². The number of H-pyrrole nitrogens is 2. The Kier molecular flexibility index (Phi) is 4.13. The Balaban J connectivity index is 1.41. The molecule has 12 heteroatoms. The van der Waals surface area contributed by atoms with Crippen LogP contribution < -0.4 is 27.0 Å². The summed E-state index contributed by atoms with van der Waals surface area (Å²) in [4.78, 5) is 56.6. The fraction of sp³-hybridized carbons (Fsp3) is 0.100. The second-order valence-corrected chi connectivity index (χ2v) is 9.47. The molecule has 0 fully saturated rings. The van der Waals surface area contributed by atoms with Gasteiger partial charge in [-0.1, -0.05) is 23.5 Å². The summed E-state index contributed by atoms with van der Waals surface area (Å²) >= 11 is 2.36. The van der Waals surface area contributed by atoms with Crippen LogP contribution in [0, 0.1) is 0 Å². The summed E-state index contributed by atoms with van der Waals surface area (Å²) in [6.07, 6.45) is 0.351. The number of carbonyl (C=O) groups is 3. The van der Waals surface area contributed by atoms with Crippen molar-refractivity contribution in [3.05, 3.63) is 44.6 Å². The third kappa shape index (κ3) is 3.07. The summed E-state index contributed by atoms with van der Waals surface area (Å²) in [7, 11) is 0. The maximum atomic E-state index is 12.9. The third-order valence-electron chi connectivity index (χ3n) is 5.22. The topological polar surface area (TPSA) is 148 Å². The molecule has 3 aromatic rings. The lowest BCUT2D eigenvalue weighted by Crippen LogP contribution is -2.24.